The van der Waals surface area contributed by atoms with Crippen LogP contribution < -0.4 is 15.4 Å². The number of carbonyl (C=O) groups excluding carboxylic acids is 2. The summed E-state index contributed by atoms with van der Waals surface area (Å²) in [6.07, 6.45) is 8.97. The summed E-state index contributed by atoms with van der Waals surface area (Å²) in [6, 6.07) is -0.372. The van der Waals surface area contributed by atoms with Crippen molar-refractivity contribution in [3.63, 3.8) is 0 Å². The van der Waals surface area contributed by atoms with Gasteiger partial charge in [-0.1, -0.05) is 32.8 Å². The van der Waals surface area contributed by atoms with Crippen LogP contribution in [-0.4, -0.2) is 55.8 Å². The lowest BCUT2D eigenvalue weighted by molar-refractivity contribution is -0.130. The molecule has 4 atom stereocenters. The van der Waals surface area contributed by atoms with E-state index in [-0.39, 0.29) is 28.7 Å². The molecule has 0 aromatic rings. The van der Waals surface area contributed by atoms with E-state index in [2.05, 4.69) is 35.8 Å². The van der Waals surface area contributed by atoms with Crippen molar-refractivity contribution < 1.29 is 18.0 Å². The molecule has 0 aromatic heterocycles. The first-order valence-corrected chi connectivity index (χ1v) is 13.0. The molecule has 1 spiro atoms. The van der Waals surface area contributed by atoms with Crippen LogP contribution in [0.3, 0.4) is 0 Å². The van der Waals surface area contributed by atoms with Crippen LogP contribution in [0.4, 0.5) is 0 Å². The number of hydrogen-bond donors (Lipinski definition) is 3. The van der Waals surface area contributed by atoms with E-state index >= 15 is 0 Å². The maximum Gasteiger partial charge on any atom is 0.303 e. The number of amides is 2. The van der Waals surface area contributed by atoms with Gasteiger partial charge in [-0.05, 0) is 49.4 Å². The number of nitrogens with one attached hydrogen (secondary N) is 3. The lowest BCUT2D eigenvalue weighted by Crippen LogP contribution is -2.56. The molecule has 2 saturated carbocycles. The van der Waals surface area contributed by atoms with Crippen LogP contribution in [0.25, 0.3) is 0 Å². The molecule has 2 aliphatic heterocycles. The minimum atomic E-state index is -3.89. The van der Waals surface area contributed by atoms with Crippen LogP contribution in [0.2, 0.25) is 0 Å². The van der Waals surface area contributed by atoms with Crippen LogP contribution in [0, 0.1) is 16.7 Å². The fraction of sp³-hybridized carbons (Fsp3) is 0.818. The molecule has 4 aliphatic rings. The van der Waals surface area contributed by atoms with Gasteiger partial charge in [0.1, 0.15) is 5.54 Å². The Balaban J connectivity index is 1.44. The molecule has 0 aromatic carbocycles. The molecule has 4 unspecified atom stereocenters. The highest BCUT2D eigenvalue weighted by Crippen LogP contribution is 2.55. The standard InChI is InChI=1S/C22H36N4O4S/c1-4-16-13-22(16,19(28)25-31(29,30)26-11-7-8-12-26)24-18(27)17-14-21(15-23-17)10-6-5-9-20(21,2)3/h4,16-17,23H,1,5-15H2,2-3H3,(H,24,27)(H,25,28). The highest BCUT2D eigenvalue weighted by Gasteiger charge is 2.62. The summed E-state index contributed by atoms with van der Waals surface area (Å²) < 4.78 is 28.6. The molecule has 2 amide bonds. The molecule has 0 radical (unpaired) electrons. The Morgan fingerprint density at radius 1 is 1.10 bits per heavy atom. The third-order valence-corrected chi connectivity index (χ3v) is 9.91. The molecule has 8 nitrogen and oxygen atoms in total. The van der Waals surface area contributed by atoms with Crippen molar-refractivity contribution in [2.75, 3.05) is 19.6 Å². The summed E-state index contributed by atoms with van der Waals surface area (Å²) in [5.74, 6) is -1.16. The number of carbonyl (C=O) groups is 2. The summed E-state index contributed by atoms with van der Waals surface area (Å²) in [7, 11) is -3.89. The molecule has 4 fully saturated rings. The Kier molecular flexibility index (Phi) is 5.75. The van der Waals surface area contributed by atoms with Crippen molar-refractivity contribution in [3.05, 3.63) is 12.7 Å². The molecule has 9 heteroatoms. The molecule has 0 bridgehead atoms. The summed E-state index contributed by atoms with van der Waals surface area (Å²) in [5.41, 5.74) is -0.982. The van der Waals surface area contributed by atoms with E-state index < -0.39 is 21.7 Å². The maximum atomic E-state index is 13.2. The van der Waals surface area contributed by atoms with Crippen molar-refractivity contribution in [3.8, 4) is 0 Å². The lowest BCUT2D eigenvalue weighted by Gasteiger charge is -2.48. The minimum absolute atomic E-state index is 0.0865. The zero-order valence-corrected chi connectivity index (χ0v) is 19.5. The average molecular weight is 453 g/mol. The van der Waals surface area contributed by atoms with Crippen LogP contribution in [-0.2, 0) is 19.8 Å². The fourth-order valence-electron chi connectivity index (χ4n) is 5.92. The summed E-state index contributed by atoms with van der Waals surface area (Å²) >= 11 is 0. The van der Waals surface area contributed by atoms with Crippen LogP contribution in [0.1, 0.15) is 65.2 Å². The first-order chi connectivity index (χ1) is 14.6. The van der Waals surface area contributed by atoms with Gasteiger partial charge in [-0.15, -0.1) is 6.58 Å². The summed E-state index contributed by atoms with van der Waals surface area (Å²) in [4.78, 5) is 26.2. The Morgan fingerprint density at radius 2 is 1.77 bits per heavy atom. The van der Waals surface area contributed by atoms with E-state index in [0.29, 0.717) is 19.5 Å². The maximum absolute atomic E-state index is 13.2. The van der Waals surface area contributed by atoms with Gasteiger partial charge < -0.3 is 10.6 Å². The fourth-order valence-corrected chi connectivity index (χ4v) is 7.21. The molecule has 31 heavy (non-hydrogen) atoms. The second-order valence-corrected chi connectivity index (χ2v) is 12.2. The first kappa shape index (κ1) is 22.7. The third kappa shape index (κ3) is 3.93. The Bertz CT molecular complexity index is 867. The van der Waals surface area contributed by atoms with Gasteiger partial charge in [0.15, 0.2) is 0 Å². The highest BCUT2D eigenvalue weighted by atomic mass is 32.2. The predicted octanol–water partition coefficient (Wildman–Crippen LogP) is 1.45. The van der Waals surface area contributed by atoms with Gasteiger partial charge in [0.25, 0.3) is 5.91 Å². The summed E-state index contributed by atoms with van der Waals surface area (Å²) in [5, 5.41) is 6.30. The Morgan fingerprint density at radius 3 is 2.39 bits per heavy atom. The quantitative estimate of drug-likeness (QED) is 0.529. The highest BCUT2D eigenvalue weighted by molar-refractivity contribution is 7.87. The SMILES string of the molecule is C=CC1CC1(NC(=O)C1CC2(CCCCC2(C)C)CN1)C(=O)NS(=O)(=O)N1CCCC1. The second kappa shape index (κ2) is 7.85. The van der Waals surface area contributed by atoms with Crippen molar-refractivity contribution in [1.29, 1.82) is 0 Å². The van der Waals surface area contributed by atoms with Crippen molar-refractivity contribution in [2.24, 2.45) is 16.7 Å². The van der Waals surface area contributed by atoms with Gasteiger partial charge >= 0.3 is 10.2 Å². The normalized spacial score (nSPS) is 37.5. The lowest BCUT2D eigenvalue weighted by atomic mass is 9.57. The molecule has 2 heterocycles. The molecule has 4 rings (SSSR count). The minimum Gasteiger partial charge on any atom is -0.340 e. The number of nitrogens with zero attached hydrogens (tertiary/aromatic N) is 1. The van der Waals surface area contributed by atoms with E-state index in [4.69, 9.17) is 0 Å². The molecular weight excluding hydrogens is 416 g/mol. The third-order valence-electron chi connectivity index (χ3n) is 8.42. The van der Waals surface area contributed by atoms with Crippen LogP contribution in [0.15, 0.2) is 12.7 Å². The Labute approximate surface area is 185 Å². The molecule has 174 valence electrons. The molecule has 3 N–H and O–H groups in total. The van der Waals surface area contributed by atoms with E-state index in [1.54, 1.807) is 6.08 Å². The van der Waals surface area contributed by atoms with Crippen molar-refractivity contribution in [1.82, 2.24) is 19.7 Å². The van der Waals surface area contributed by atoms with Crippen LogP contribution >= 0.6 is 0 Å². The number of hydrogen-bond acceptors (Lipinski definition) is 5. The largest absolute Gasteiger partial charge is 0.340 e. The van der Waals surface area contributed by atoms with E-state index in [9.17, 15) is 18.0 Å². The van der Waals surface area contributed by atoms with Gasteiger partial charge in [-0.2, -0.15) is 12.7 Å². The van der Waals surface area contributed by atoms with Gasteiger partial charge in [0.05, 0.1) is 6.04 Å². The second-order valence-electron chi connectivity index (χ2n) is 10.6. The van der Waals surface area contributed by atoms with E-state index in [1.165, 1.54) is 17.1 Å². The average Bonchev–Trinajstić information content (AvgIpc) is 3.07. The molecular formula is C22H36N4O4S. The monoisotopic (exact) mass is 452 g/mol. The zero-order chi connectivity index (χ0) is 22.5. The van der Waals surface area contributed by atoms with Gasteiger partial charge in [-0.3, -0.25) is 9.59 Å². The zero-order valence-electron chi connectivity index (χ0n) is 18.7. The van der Waals surface area contributed by atoms with E-state index in [1.807, 2.05) is 0 Å². The van der Waals surface area contributed by atoms with Crippen molar-refractivity contribution in [2.45, 2.75) is 76.8 Å². The van der Waals surface area contributed by atoms with Crippen molar-refractivity contribution >= 4 is 22.0 Å². The first-order valence-electron chi connectivity index (χ1n) is 11.6. The van der Waals surface area contributed by atoms with Crippen LogP contribution in [0.5, 0.6) is 0 Å². The van der Waals surface area contributed by atoms with E-state index in [0.717, 1.165) is 38.6 Å². The number of rotatable bonds is 6. The molecule has 2 aliphatic carbocycles. The van der Waals surface area contributed by atoms with Gasteiger partial charge in [0, 0.05) is 25.6 Å². The Hall–Kier alpha value is -1.45. The predicted molar refractivity (Wildman–Crippen MR) is 118 cm³/mol. The summed E-state index contributed by atoms with van der Waals surface area (Å²) in [6.45, 7) is 9.97. The topological polar surface area (TPSA) is 108 Å². The molecule has 2 saturated heterocycles. The van der Waals surface area contributed by atoms with Gasteiger partial charge in [0.2, 0.25) is 5.91 Å². The van der Waals surface area contributed by atoms with Gasteiger partial charge in [-0.25, -0.2) is 4.72 Å². The smallest absolute Gasteiger partial charge is 0.303 e.